The van der Waals surface area contributed by atoms with Gasteiger partial charge in [0, 0.05) is 12.1 Å². The molecule has 0 heterocycles. The average molecular weight is 221 g/mol. The lowest BCUT2D eigenvalue weighted by Crippen LogP contribution is -1.99. The molecule has 0 atom stereocenters. The number of carbonyl (C=O) groups is 1. The van der Waals surface area contributed by atoms with Gasteiger partial charge in [-0.05, 0) is 19.1 Å². The maximum atomic E-state index is 11.0. The highest BCUT2D eigenvalue weighted by Gasteiger charge is 2.09. The summed E-state index contributed by atoms with van der Waals surface area (Å²) in [6.45, 7) is 1.97. The topological polar surface area (TPSA) is 69.4 Å². The summed E-state index contributed by atoms with van der Waals surface area (Å²) in [6.07, 6.45) is 2.54. The maximum Gasteiger partial charge on any atom is 0.330 e. The van der Waals surface area contributed by atoms with Crippen LogP contribution < -0.4 is 0 Å². The Morgan fingerprint density at radius 1 is 1.50 bits per heavy atom. The molecule has 1 rings (SSSR count). The lowest BCUT2D eigenvalue weighted by Gasteiger charge is -1.97. The normalized spacial score (nSPS) is 10.3. The van der Waals surface area contributed by atoms with Crippen LogP contribution in [0, 0.1) is 10.1 Å². The third-order valence-electron chi connectivity index (χ3n) is 1.82. The molecular weight excluding hydrogens is 210 g/mol. The van der Waals surface area contributed by atoms with E-state index in [0.29, 0.717) is 5.56 Å². The highest BCUT2D eigenvalue weighted by molar-refractivity contribution is 5.87. The monoisotopic (exact) mass is 221 g/mol. The van der Waals surface area contributed by atoms with Crippen molar-refractivity contribution in [2.45, 2.75) is 6.92 Å². The lowest BCUT2D eigenvalue weighted by atomic mass is 10.1. The molecule has 0 bridgehead atoms. The minimum atomic E-state index is -0.513. The van der Waals surface area contributed by atoms with Crippen LogP contribution in [0.4, 0.5) is 5.69 Å². The van der Waals surface area contributed by atoms with E-state index in [1.165, 1.54) is 18.2 Å². The Kier molecular flexibility index (Phi) is 4.20. The lowest BCUT2D eigenvalue weighted by molar-refractivity contribution is -0.385. The zero-order chi connectivity index (χ0) is 12.0. The van der Waals surface area contributed by atoms with E-state index in [1.54, 1.807) is 25.1 Å². The van der Waals surface area contributed by atoms with Crippen molar-refractivity contribution < 1.29 is 14.5 Å². The Bertz CT molecular complexity index is 426. The van der Waals surface area contributed by atoms with Crippen LogP contribution in [0.3, 0.4) is 0 Å². The molecule has 1 aromatic rings. The molecule has 0 aliphatic heterocycles. The van der Waals surface area contributed by atoms with Crippen molar-refractivity contribution >= 4 is 17.7 Å². The SMILES string of the molecule is CCOC(=O)/C=C/c1ccccc1[N+](=O)[O-]. The molecule has 0 N–H and O–H groups in total. The average Bonchev–Trinajstić information content (AvgIpc) is 2.27. The van der Waals surface area contributed by atoms with Crippen LogP contribution in [-0.4, -0.2) is 17.5 Å². The summed E-state index contributed by atoms with van der Waals surface area (Å²) in [5.41, 5.74) is 0.337. The molecule has 0 radical (unpaired) electrons. The molecule has 0 aliphatic carbocycles. The highest BCUT2D eigenvalue weighted by Crippen LogP contribution is 2.18. The number of nitro groups is 1. The number of hydrogen-bond acceptors (Lipinski definition) is 4. The van der Waals surface area contributed by atoms with Crippen molar-refractivity contribution in [3.05, 3.63) is 46.0 Å². The number of benzene rings is 1. The van der Waals surface area contributed by atoms with E-state index >= 15 is 0 Å². The minimum Gasteiger partial charge on any atom is -0.463 e. The van der Waals surface area contributed by atoms with Crippen molar-refractivity contribution in [2.75, 3.05) is 6.61 Å². The van der Waals surface area contributed by atoms with E-state index in [4.69, 9.17) is 0 Å². The van der Waals surface area contributed by atoms with Gasteiger partial charge in [0.15, 0.2) is 0 Å². The second-order valence-electron chi connectivity index (χ2n) is 2.90. The molecule has 0 spiro atoms. The number of esters is 1. The standard InChI is InChI=1S/C11H11NO4/c1-2-16-11(13)8-7-9-5-3-4-6-10(9)12(14)15/h3-8H,2H2,1H3/b8-7+. The number of para-hydroxylation sites is 1. The Morgan fingerprint density at radius 3 is 2.81 bits per heavy atom. The Balaban J connectivity index is 2.88. The van der Waals surface area contributed by atoms with Gasteiger partial charge in [0.05, 0.1) is 17.1 Å². The van der Waals surface area contributed by atoms with Crippen LogP contribution >= 0.6 is 0 Å². The fraction of sp³-hybridized carbons (Fsp3) is 0.182. The number of nitro benzene ring substituents is 1. The van der Waals surface area contributed by atoms with E-state index in [-0.39, 0.29) is 12.3 Å². The van der Waals surface area contributed by atoms with Crippen LogP contribution in [-0.2, 0) is 9.53 Å². The number of carbonyl (C=O) groups excluding carboxylic acids is 1. The maximum absolute atomic E-state index is 11.0. The molecular formula is C11H11NO4. The first-order chi connectivity index (χ1) is 7.65. The van der Waals surface area contributed by atoms with Crippen LogP contribution in [0.5, 0.6) is 0 Å². The van der Waals surface area contributed by atoms with Gasteiger partial charge in [-0.1, -0.05) is 12.1 Å². The predicted molar refractivity (Wildman–Crippen MR) is 58.8 cm³/mol. The highest BCUT2D eigenvalue weighted by atomic mass is 16.6. The van der Waals surface area contributed by atoms with Crippen molar-refractivity contribution in [2.24, 2.45) is 0 Å². The summed E-state index contributed by atoms with van der Waals surface area (Å²) in [5.74, 6) is -0.513. The summed E-state index contributed by atoms with van der Waals surface area (Å²) in [5, 5.41) is 10.6. The molecule has 5 nitrogen and oxygen atoms in total. The first kappa shape index (κ1) is 11.9. The summed E-state index contributed by atoms with van der Waals surface area (Å²) in [6, 6.07) is 6.18. The van der Waals surface area contributed by atoms with Gasteiger partial charge < -0.3 is 4.74 Å². The van der Waals surface area contributed by atoms with Crippen LogP contribution in [0.25, 0.3) is 6.08 Å². The molecule has 5 heteroatoms. The molecule has 0 saturated heterocycles. The predicted octanol–water partition coefficient (Wildman–Crippen LogP) is 2.17. The van der Waals surface area contributed by atoms with E-state index in [0.717, 1.165) is 0 Å². The van der Waals surface area contributed by atoms with E-state index in [9.17, 15) is 14.9 Å². The molecule has 84 valence electrons. The molecule has 0 fully saturated rings. The Hall–Kier alpha value is -2.17. The van der Waals surface area contributed by atoms with E-state index in [1.807, 2.05) is 0 Å². The molecule has 0 aromatic heterocycles. The van der Waals surface area contributed by atoms with Crippen LogP contribution in [0.1, 0.15) is 12.5 Å². The number of hydrogen-bond donors (Lipinski definition) is 0. The zero-order valence-electron chi connectivity index (χ0n) is 8.75. The smallest absolute Gasteiger partial charge is 0.330 e. The largest absolute Gasteiger partial charge is 0.463 e. The van der Waals surface area contributed by atoms with Gasteiger partial charge in [0.2, 0.25) is 0 Å². The van der Waals surface area contributed by atoms with E-state index in [2.05, 4.69) is 4.74 Å². The molecule has 0 unspecified atom stereocenters. The van der Waals surface area contributed by atoms with Gasteiger partial charge in [-0.2, -0.15) is 0 Å². The van der Waals surface area contributed by atoms with Gasteiger partial charge in [-0.15, -0.1) is 0 Å². The second-order valence-corrected chi connectivity index (χ2v) is 2.90. The Morgan fingerprint density at radius 2 is 2.19 bits per heavy atom. The Labute approximate surface area is 92.5 Å². The second kappa shape index (κ2) is 5.65. The van der Waals surface area contributed by atoms with Crippen molar-refractivity contribution in [3.63, 3.8) is 0 Å². The summed E-state index contributed by atoms with van der Waals surface area (Å²) < 4.78 is 4.67. The number of ether oxygens (including phenoxy) is 1. The number of nitrogens with zero attached hydrogens (tertiary/aromatic N) is 1. The first-order valence-corrected chi connectivity index (χ1v) is 4.73. The quantitative estimate of drug-likeness (QED) is 0.338. The first-order valence-electron chi connectivity index (χ1n) is 4.73. The van der Waals surface area contributed by atoms with Gasteiger partial charge in [-0.3, -0.25) is 10.1 Å². The van der Waals surface area contributed by atoms with Gasteiger partial charge >= 0.3 is 5.97 Å². The van der Waals surface area contributed by atoms with Gasteiger partial charge in [-0.25, -0.2) is 4.79 Å². The summed E-state index contributed by atoms with van der Waals surface area (Å²) in [7, 11) is 0. The van der Waals surface area contributed by atoms with Crippen LogP contribution in [0.15, 0.2) is 30.3 Å². The third kappa shape index (κ3) is 3.20. The van der Waals surface area contributed by atoms with Crippen molar-refractivity contribution in [3.8, 4) is 0 Å². The number of rotatable bonds is 4. The van der Waals surface area contributed by atoms with Crippen molar-refractivity contribution in [1.82, 2.24) is 0 Å². The molecule has 0 saturated carbocycles. The van der Waals surface area contributed by atoms with Crippen molar-refractivity contribution in [1.29, 1.82) is 0 Å². The molecule has 1 aromatic carbocycles. The van der Waals surface area contributed by atoms with E-state index < -0.39 is 10.9 Å². The zero-order valence-corrected chi connectivity index (χ0v) is 8.75. The molecule has 16 heavy (non-hydrogen) atoms. The summed E-state index contributed by atoms with van der Waals surface area (Å²) >= 11 is 0. The molecule has 0 aliphatic rings. The molecule has 0 amide bonds. The van der Waals surface area contributed by atoms with Crippen LogP contribution in [0.2, 0.25) is 0 Å². The fourth-order valence-electron chi connectivity index (χ4n) is 1.14. The summed E-state index contributed by atoms with van der Waals surface area (Å²) in [4.78, 5) is 21.2. The van der Waals surface area contributed by atoms with Gasteiger partial charge in [0.1, 0.15) is 0 Å². The minimum absolute atomic E-state index is 0.0388. The van der Waals surface area contributed by atoms with Gasteiger partial charge in [0.25, 0.3) is 5.69 Å². The fourth-order valence-corrected chi connectivity index (χ4v) is 1.14. The third-order valence-corrected chi connectivity index (χ3v) is 1.82.